The van der Waals surface area contributed by atoms with Crippen LogP contribution in [0.25, 0.3) is 10.2 Å². The molecule has 1 saturated heterocycles. The van der Waals surface area contributed by atoms with Crippen molar-refractivity contribution >= 4 is 26.7 Å². The molecule has 23 heavy (non-hydrogen) atoms. The molecule has 2 heterocycles. The number of thiazole rings is 1. The minimum absolute atomic E-state index is 0.776. The van der Waals surface area contributed by atoms with Crippen LogP contribution < -0.4 is 14.8 Å². The minimum Gasteiger partial charge on any atom is -0.495 e. The van der Waals surface area contributed by atoms with E-state index in [1.165, 1.54) is 0 Å². The molecule has 0 amide bonds. The van der Waals surface area contributed by atoms with Gasteiger partial charge in [-0.1, -0.05) is 11.3 Å². The summed E-state index contributed by atoms with van der Waals surface area (Å²) < 4.78 is 17.2. The van der Waals surface area contributed by atoms with Gasteiger partial charge in [0.15, 0.2) is 5.13 Å². The van der Waals surface area contributed by atoms with Crippen LogP contribution in [0.5, 0.6) is 11.5 Å². The first-order valence-corrected chi connectivity index (χ1v) is 8.69. The number of methoxy groups -OCH3 is 2. The van der Waals surface area contributed by atoms with Gasteiger partial charge in [-0.25, -0.2) is 4.98 Å². The van der Waals surface area contributed by atoms with Crippen LogP contribution in [0.4, 0.5) is 5.13 Å². The van der Waals surface area contributed by atoms with Crippen molar-refractivity contribution in [2.75, 3.05) is 58.9 Å². The van der Waals surface area contributed by atoms with Gasteiger partial charge < -0.3 is 19.5 Å². The fourth-order valence-electron chi connectivity index (χ4n) is 2.68. The van der Waals surface area contributed by atoms with E-state index in [9.17, 15) is 0 Å². The average molecular weight is 337 g/mol. The molecule has 1 aliphatic heterocycles. The summed E-state index contributed by atoms with van der Waals surface area (Å²) in [5.74, 6) is 1.61. The second-order valence-electron chi connectivity index (χ2n) is 5.40. The van der Waals surface area contributed by atoms with Crippen molar-refractivity contribution in [3.05, 3.63) is 12.1 Å². The molecule has 2 aromatic rings. The molecule has 0 unspecified atom stereocenters. The molecule has 0 saturated carbocycles. The maximum Gasteiger partial charge on any atom is 0.184 e. The van der Waals surface area contributed by atoms with E-state index in [0.29, 0.717) is 0 Å². The lowest BCUT2D eigenvalue weighted by molar-refractivity contribution is 0.0378. The monoisotopic (exact) mass is 337 g/mol. The van der Waals surface area contributed by atoms with Crippen LogP contribution in [0, 0.1) is 0 Å². The van der Waals surface area contributed by atoms with E-state index < -0.39 is 0 Å². The molecule has 7 heteroatoms. The lowest BCUT2D eigenvalue weighted by atomic mass is 10.3. The number of morpholine rings is 1. The number of hydrogen-bond acceptors (Lipinski definition) is 7. The summed E-state index contributed by atoms with van der Waals surface area (Å²) in [6.45, 7) is 5.77. The summed E-state index contributed by atoms with van der Waals surface area (Å²) >= 11 is 1.60. The van der Waals surface area contributed by atoms with Gasteiger partial charge in [0.2, 0.25) is 0 Å². The molecule has 0 aliphatic carbocycles. The number of hydrogen-bond donors (Lipinski definition) is 1. The number of nitrogens with one attached hydrogen (secondary N) is 1. The molecule has 1 fully saturated rings. The Morgan fingerprint density at radius 3 is 2.70 bits per heavy atom. The molecule has 1 aliphatic rings. The van der Waals surface area contributed by atoms with E-state index >= 15 is 0 Å². The van der Waals surface area contributed by atoms with Crippen LogP contribution in [0.3, 0.4) is 0 Å². The molecular weight excluding hydrogens is 314 g/mol. The summed E-state index contributed by atoms with van der Waals surface area (Å²) in [5.41, 5.74) is 0.854. The van der Waals surface area contributed by atoms with E-state index in [0.717, 1.165) is 72.7 Å². The molecule has 126 valence electrons. The first-order valence-electron chi connectivity index (χ1n) is 7.87. The van der Waals surface area contributed by atoms with Crippen LogP contribution in [0.15, 0.2) is 12.1 Å². The maximum absolute atomic E-state index is 5.41. The Labute approximate surface area is 140 Å². The highest BCUT2D eigenvalue weighted by Crippen LogP contribution is 2.38. The Hall–Kier alpha value is -1.57. The van der Waals surface area contributed by atoms with Gasteiger partial charge in [0.05, 0.1) is 27.4 Å². The topological polar surface area (TPSA) is 55.9 Å². The van der Waals surface area contributed by atoms with Crippen LogP contribution in [0.1, 0.15) is 6.42 Å². The molecule has 1 aromatic carbocycles. The number of aromatic nitrogens is 1. The van der Waals surface area contributed by atoms with E-state index in [4.69, 9.17) is 14.2 Å². The minimum atomic E-state index is 0.776. The first kappa shape index (κ1) is 16.3. The predicted octanol–water partition coefficient (Wildman–Crippen LogP) is 2.45. The Bertz CT molecular complexity index is 600. The Kier molecular flexibility index (Phi) is 5.53. The number of fused-ring (bicyclic) bond motifs is 1. The van der Waals surface area contributed by atoms with Crippen molar-refractivity contribution in [3.63, 3.8) is 0 Å². The quantitative estimate of drug-likeness (QED) is 0.783. The molecule has 0 radical (unpaired) electrons. The number of benzene rings is 1. The van der Waals surface area contributed by atoms with E-state index in [1.807, 2.05) is 12.1 Å². The average Bonchev–Trinajstić information content (AvgIpc) is 3.03. The second kappa shape index (κ2) is 7.81. The first-order chi connectivity index (χ1) is 11.3. The third kappa shape index (κ3) is 3.85. The highest BCUT2D eigenvalue weighted by atomic mass is 32.1. The molecule has 1 aromatic heterocycles. The van der Waals surface area contributed by atoms with Crippen LogP contribution >= 0.6 is 11.3 Å². The van der Waals surface area contributed by atoms with Crippen LogP contribution in [-0.4, -0.2) is 63.5 Å². The highest BCUT2D eigenvalue weighted by Gasteiger charge is 2.14. The van der Waals surface area contributed by atoms with E-state index in [-0.39, 0.29) is 0 Å². The second-order valence-corrected chi connectivity index (χ2v) is 6.40. The van der Waals surface area contributed by atoms with Gasteiger partial charge in [0.25, 0.3) is 0 Å². The third-order valence-corrected chi connectivity index (χ3v) is 4.97. The van der Waals surface area contributed by atoms with Crippen molar-refractivity contribution in [2.24, 2.45) is 0 Å². The summed E-state index contributed by atoms with van der Waals surface area (Å²) in [4.78, 5) is 7.09. The fourth-order valence-corrected chi connectivity index (χ4v) is 3.68. The summed E-state index contributed by atoms with van der Waals surface area (Å²) in [6.07, 6.45) is 1.09. The number of ether oxygens (including phenoxy) is 3. The summed E-state index contributed by atoms with van der Waals surface area (Å²) in [7, 11) is 3.34. The zero-order valence-corrected chi connectivity index (χ0v) is 14.4. The van der Waals surface area contributed by atoms with Gasteiger partial charge in [-0.15, -0.1) is 0 Å². The van der Waals surface area contributed by atoms with Crippen LogP contribution in [0.2, 0.25) is 0 Å². The van der Waals surface area contributed by atoms with Crippen LogP contribution in [-0.2, 0) is 4.74 Å². The molecular formula is C16H23N3O3S. The lowest BCUT2D eigenvalue weighted by Crippen LogP contribution is -2.37. The van der Waals surface area contributed by atoms with Crippen molar-refractivity contribution in [2.45, 2.75) is 6.42 Å². The third-order valence-electron chi connectivity index (χ3n) is 3.94. The zero-order valence-electron chi connectivity index (χ0n) is 13.6. The van der Waals surface area contributed by atoms with E-state index in [2.05, 4.69) is 15.2 Å². The highest BCUT2D eigenvalue weighted by molar-refractivity contribution is 7.22. The molecule has 6 nitrogen and oxygen atoms in total. The Balaban J connectivity index is 1.59. The van der Waals surface area contributed by atoms with Crippen molar-refractivity contribution in [3.8, 4) is 11.5 Å². The standard InChI is InChI=1S/C16H23N3O3S/c1-20-12-4-5-13(21-2)15-14(12)18-16(23-15)17-6-3-7-19-8-10-22-11-9-19/h4-5H,3,6-11H2,1-2H3,(H,17,18). The van der Waals surface area contributed by atoms with Gasteiger partial charge in [-0.3, -0.25) is 4.90 Å². The number of anilines is 1. The Morgan fingerprint density at radius 1 is 1.22 bits per heavy atom. The number of nitrogens with zero attached hydrogens (tertiary/aromatic N) is 2. The Morgan fingerprint density at radius 2 is 1.96 bits per heavy atom. The van der Waals surface area contributed by atoms with Gasteiger partial charge in [-0.2, -0.15) is 0 Å². The summed E-state index contributed by atoms with van der Waals surface area (Å²) in [6, 6.07) is 3.81. The largest absolute Gasteiger partial charge is 0.495 e. The van der Waals surface area contributed by atoms with Gasteiger partial charge >= 0.3 is 0 Å². The molecule has 0 spiro atoms. The molecule has 0 atom stereocenters. The smallest absolute Gasteiger partial charge is 0.184 e. The van der Waals surface area contributed by atoms with Gasteiger partial charge in [0.1, 0.15) is 21.7 Å². The SMILES string of the molecule is COc1ccc(OC)c2sc(NCCCN3CCOCC3)nc12. The van der Waals surface area contributed by atoms with Crippen molar-refractivity contribution < 1.29 is 14.2 Å². The normalized spacial score (nSPS) is 15.7. The molecule has 3 rings (SSSR count). The predicted molar refractivity (Wildman–Crippen MR) is 93.1 cm³/mol. The fraction of sp³-hybridized carbons (Fsp3) is 0.562. The van der Waals surface area contributed by atoms with Gasteiger partial charge in [-0.05, 0) is 25.1 Å². The molecule has 1 N–H and O–H groups in total. The van der Waals surface area contributed by atoms with E-state index in [1.54, 1.807) is 25.6 Å². The number of rotatable bonds is 7. The van der Waals surface area contributed by atoms with Gasteiger partial charge in [0, 0.05) is 19.6 Å². The zero-order chi connectivity index (χ0) is 16.1. The maximum atomic E-state index is 5.41. The molecule has 0 bridgehead atoms. The van der Waals surface area contributed by atoms with Crippen molar-refractivity contribution in [1.29, 1.82) is 0 Å². The lowest BCUT2D eigenvalue weighted by Gasteiger charge is -2.26. The summed E-state index contributed by atoms with van der Waals surface area (Å²) in [5, 5.41) is 4.32. The van der Waals surface area contributed by atoms with Crippen molar-refractivity contribution in [1.82, 2.24) is 9.88 Å².